The van der Waals surface area contributed by atoms with Crippen LogP contribution in [0.1, 0.15) is 16.8 Å². The lowest BCUT2D eigenvalue weighted by atomic mass is 9.81. The van der Waals surface area contributed by atoms with Gasteiger partial charge in [0, 0.05) is 36.8 Å². The highest BCUT2D eigenvalue weighted by atomic mass is 19.4. The van der Waals surface area contributed by atoms with E-state index >= 15 is 4.39 Å². The van der Waals surface area contributed by atoms with Crippen molar-refractivity contribution in [1.29, 1.82) is 0 Å². The number of aliphatic imine (C=N–C) groups is 1. The molecule has 0 aliphatic carbocycles. The third-order valence-electron chi connectivity index (χ3n) is 4.92. The van der Waals surface area contributed by atoms with Crippen molar-refractivity contribution in [2.24, 2.45) is 10.7 Å². The van der Waals surface area contributed by atoms with Crippen LogP contribution in [-0.2, 0) is 16.5 Å². The molecule has 0 spiro atoms. The van der Waals surface area contributed by atoms with Gasteiger partial charge in [0.2, 0.25) is 0 Å². The minimum Gasteiger partial charge on any atom is -0.369 e. The Labute approximate surface area is 173 Å². The fourth-order valence-electron chi connectivity index (χ4n) is 3.38. The molecule has 0 saturated heterocycles. The molecule has 7 nitrogen and oxygen atoms in total. The van der Waals surface area contributed by atoms with Gasteiger partial charge in [-0.2, -0.15) is 13.2 Å². The lowest BCUT2D eigenvalue weighted by molar-refractivity contribution is -0.141. The molecule has 3 aromatic rings. The second-order valence-electron chi connectivity index (χ2n) is 6.76. The first-order chi connectivity index (χ1) is 14.6. The van der Waals surface area contributed by atoms with Crippen LogP contribution in [0.4, 0.5) is 17.6 Å². The Bertz CT molecular complexity index is 1200. The normalized spacial score (nSPS) is 18.9. The summed E-state index contributed by atoms with van der Waals surface area (Å²) in [7, 11) is 1.30. The third-order valence-corrected chi connectivity index (χ3v) is 4.92. The molecular formula is C20H14F4N6O. The molecule has 1 unspecified atom stereocenters. The zero-order chi connectivity index (χ0) is 22.4. The van der Waals surface area contributed by atoms with Gasteiger partial charge in [-0.25, -0.2) is 9.38 Å². The van der Waals surface area contributed by atoms with Crippen LogP contribution in [0.2, 0.25) is 0 Å². The van der Waals surface area contributed by atoms with Crippen LogP contribution in [-0.4, -0.2) is 38.8 Å². The lowest BCUT2D eigenvalue weighted by Gasteiger charge is -2.27. The Balaban J connectivity index is 2.00. The number of likely N-dealkylation sites (N-methyl/N-ethyl adjacent to an activating group) is 1. The summed E-state index contributed by atoms with van der Waals surface area (Å²) < 4.78 is 54.9. The molecule has 1 aromatic carbocycles. The molecule has 1 aliphatic rings. The van der Waals surface area contributed by atoms with Gasteiger partial charge in [0.1, 0.15) is 11.5 Å². The van der Waals surface area contributed by atoms with E-state index in [4.69, 9.17) is 5.73 Å². The van der Waals surface area contributed by atoms with E-state index in [0.717, 1.165) is 17.2 Å². The van der Waals surface area contributed by atoms with Gasteiger partial charge in [0.25, 0.3) is 5.91 Å². The first-order valence-corrected chi connectivity index (χ1v) is 8.88. The number of halogens is 4. The molecule has 0 radical (unpaired) electrons. The van der Waals surface area contributed by atoms with E-state index in [2.05, 4.69) is 19.9 Å². The van der Waals surface area contributed by atoms with Gasteiger partial charge in [0.15, 0.2) is 11.5 Å². The number of amides is 1. The number of pyridine rings is 1. The van der Waals surface area contributed by atoms with Crippen LogP contribution in [0.5, 0.6) is 0 Å². The maximum atomic E-state index is 15.1. The summed E-state index contributed by atoms with van der Waals surface area (Å²) in [6.07, 6.45) is 0.419. The number of hydrogen-bond acceptors (Lipinski definition) is 6. The summed E-state index contributed by atoms with van der Waals surface area (Å²) in [5, 5.41) is 0. The number of guanidine groups is 1. The van der Waals surface area contributed by atoms with Crippen LogP contribution in [0.25, 0.3) is 11.3 Å². The minimum absolute atomic E-state index is 0.220. The molecule has 2 N–H and O–H groups in total. The minimum atomic E-state index is -4.78. The lowest BCUT2D eigenvalue weighted by Crippen LogP contribution is -2.41. The van der Waals surface area contributed by atoms with E-state index in [1.165, 1.54) is 43.8 Å². The highest BCUT2D eigenvalue weighted by Crippen LogP contribution is 2.42. The van der Waals surface area contributed by atoms with Crippen molar-refractivity contribution in [3.63, 3.8) is 0 Å². The van der Waals surface area contributed by atoms with E-state index in [0.29, 0.717) is 17.3 Å². The molecule has 11 heteroatoms. The van der Waals surface area contributed by atoms with Gasteiger partial charge >= 0.3 is 6.18 Å². The Hall–Kier alpha value is -3.89. The van der Waals surface area contributed by atoms with Crippen molar-refractivity contribution in [3.05, 3.63) is 77.8 Å². The Kier molecular flexibility index (Phi) is 4.68. The predicted octanol–water partition coefficient (Wildman–Crippen LogP) is 2.73. The van der Waals surface area contributed by atoms with Gasteiger partial charge in [-0.15, -0.1) is 0 Å². The molecule has 31 heavy (non-hydrogen) atoms. The van der Waals surface area contributed by atoms with Gasteiger partial charge in [-0.05, 0) is 35.9 Å². The smallest absolute Gasteiger partial charge is 0.369 e. The topological polar surface area (TPSA) is 97.4 Å². The third kappa shape index (κ3) is 3.27. The predicted molar refractivity (Wildman–Crippen MR) is 102 cm³/mol. The van der Waals surface area contributed by atoms with Crippen molar-refractivity contribution >= 4 is 11.9 Å². The molecule has 4 rings (SSSR count). The number of aromatic nitrogens is 3. The van der Waals surface area contributed by atoms with Gasteiger partial charge < -0.3 is 5.73 Å². The van der Waals surface area contributed by atoms with E-state index in [9.17, 15) is 18.0 Å². The van der Waals surface area contributed by atoms with Crippen LogP contribution in [0.3, 0.4) is 0 Å². The highest BCUT2D eigenvalue weighted by Gasteiger charge is 2.52. The number of benzene rings is 1. The summed E-state index contributed by atoms with van der Waals surface area (Å²) >= 11 is 0. The van der Waals surface area contributed by atoms with E-state index in [-0.39, 0.29) is 17.1 Å². The SMILES string of the molecule is CN1C(=O)C(c2ccnc(C(F)(F)F)c2)(c2cc(-c3cnccn3)ccc2F)N=C1N. The monoisotopic (exact) mass is 430 g/mol. The van der Waals surface area contributed by atoms with Crippen LogP contribution >= 0.6 is 0 Å². The molecular weight excluding hydrogens is 416 g/mol. The first-order valence-electron chi connectivity index (χ1n) is 8.88. The molecule has 3 heterocycles. The van der Waals surface area contributed by atoms with E-state index in [1.54, 1.807) is 0 Å². The van der Waals surface area contributed by atoms with Gasteiger partial charge in [-0.1, -0.05) is 0 Å². The maximum absolute atomic E-state index is 15.1. The Morgan fingerprint density at radius 2 is 1.84 bits per heavy atom. The number of rotatable bonds is 3. The summed E-state index contributed by atoms with van der Waals surface area (Å²) in [5.74, 6) is -1.92. The highest BCUT2D eigenvalue weighted by molar-refractivity contribution is 6.09. The summed E-state index contributed by atoms with van der Waals surface area (Å²) in [4.78, 5) is 29.7. The zero-order valence-electron chi connectivity index (χ0n) is 15.9. The van der Waals surface area contributed by atoms with Crippen LogP contribution < -0.4 is 5.73 Å². The van der Waals surface area contributed by atoms with Crippen molar-refractivity contribution in [2.45, 2.75) is 11.7 Å². The second-order valence-corrected chi connectivity index (χ2v) is 6.76. The molecule has 1 amide bonds. The van der Waals surface area contributed by atoms with Crippen LogP contribution in [0.15, 0.2) is 60.1 Å². The van der Waals surface area contributed by atoms with Crippen molar-refractivity contribution < 1.29 is 22.4 Å². The molecule has 2 aromatic heterocycles. The van der Waals surface area contributed by atoms with Crippen molar-refractivity contribution in [2.75, 3.05) is 7.05 Å². The number of carbonyl (C=O) groups excluding carboxylic acids is 1. The van der Waals surface area contributed by atoms with E-state index in [1.807, 2.05) is 0 Å². The zero-order valence-corrected chi connectivity index (χ0v) is 15.9. The van der Waals surface area contributed by atoms with Gasteiger partial charge in [-0.3, -0.25) is 24.6 Å². The second kappa shape index (κ2) is 7.11. The average Bonchev–Trinajstić information content (AvgIpc) is 2.99. The van der Waals surface area contributed by atoms with Crippen molar-refractivity contribution in [1.82, 2.24) is 19.9 Å². The Morgan fingerprint density at radius 3 is 2.45 bits per heavy atom. The number of alkyl halides is 3. The average molecular weight is 430 g/mol. The molecule has 1 aliphatic heterocycles. The number of hydrogen-bond donors (Lipinski definition) is 1. The number of nitrogens with zero attached hydrogens (tertiary/aromatic N) is 5. The molecule has 158 valence electrons. The largest absolute Gasteiger partial charge is 0.433 e. The number of carbonyl (C=O) groups is 1. The summed E-state index contributed by atoms with van der Waals surface area (Å²) in [6, 6.07) is 5.66. The fourth-order valence-corrected chi connectivity index (χ4v) is 3.38. The summed E-state index contributed by atoms with van der Waals surface area (Å²) in [6.45, 7) is 0. The molecule has 0 bridgehead atoms. The molecule has 1 atom stereocenters. The van der Waals surface area contributed by atoms with Crippen LogP contribution in [0, 0.1) is 5.82 Å². The maximum Gasteiger partial charge on any atom is 0.433 e. The Morgan fingerprint density at radius 1 is 1.06 bits per heavy atom. The van der Waals surface area contributed by atoms with E-state index < -0.39 is 29.1 Å². The standard InChI is InChI=1S/C20H14F4N6O/c1-30-17(31)19(29-18(30)25,12-4-5-28-16(9-12)20(22,23)24)13-8-11(2-3-14(13)21)15-10-26-6-7-27-15/h2-10H,1H3,(H2,25,29). The fraction of sp³-hybridized carbons (Fsp3) is 0.150. The molecule has 0 saturated carbocycles. The quantitative estimate of drug-likeness (QED) is 0.645. The summed E-state index contributed by atoms with van der Waals surface area (Å²) in [5.41, 5.74) is 2.69. The number of nitrogens with two attached hydrogens (primary N) is 1. The first kappa shape index (κ1) is 20.4. The molecule has 0 fully saturated rings. The van der Waals surface area contributed by atoms with Crippen molar-refractivity contribution in [3.8, 4) is 11.3 Å². The van der Waals surface area contributed by atoms with Gasteiger partial charge in [0.05, 0.1) is 11.9 Å².